The molecule has 1 saturated heterocycles. The van der Waals surface area contributed by atoms with Crippen LogP contribution in [-0.2, 0) is 30.9 Å². The van der Waals surface area contributed by atoms with Gasteiger partial charge >= 0.3 is 12.6 Å². The highest BCUT2D eigenvalue weighted by molar-refractivity contribution is 7.89. The zero-order valence-electron chi connectivity index (χ0n) is 18.5. The molecule has 0 bridgehead atoms. The van der Waals surface area contributed by atoms with Gasteiger partial charge in [0.2, 0.25) is 10.0 Å². The average molecular weight is 498 g/mol. The second-order valence-corrected chi connectivity index (χ2v) is 9.06. The molecule has 1 aliphatic heterocycles. The smallest absolute Gasteiger partial charge is 0.387 e. The molecular weight excluding hydrogens is 472 g/mol. The Bertz CT molecular complexity index is 1120. The third-order valence-corrected chi connectivity index (χ3v) is 6.68. The lowest BCUT2D eigenvalue weighted by Crippen LogP contribution is -2.40. The highest BCUT2D eigenvalue weighted by Gasteiger charge is 2.26. The molecule has 0 amide bonds. The molecule has 184 valence electrons. The van der Waals surface area contributed by atoms with Gasteiger partial charge in [0.1, 0.15) is 6.61 Å². The number of hydrogen-bond donors (Lipinski definition) is 0. The first-order chi connectivity index (χ1) is 16.3. The summed E-state index contributed by atoms with van der Waals surface area (Å²) in [7, 11) is -3.66. The molecule has 0 saturated carbocycles. The van der Waals surface area contributed by atoms with Crippen molar-refractivity contribution in [1.82, 2.24) is 4.31 Å². The van der Waals surface area contributed by atoms with Crippen LogP contribution in [0.15, 0.2) is 53.4 Å². The lowest BCUT2D eigenvalue weighted by atomic mass is 10.2. The number of halogens is 2. The number of rotatable bonds is 10. The van der Waals surface area contributed by atoms with Crippen LogP contribution in [0, 0.1) is 0 Å². The van der Waals surface area contributed by atoms with Gasteiger partial charge < -0.3 is 18.9 Å². The molecular formula is C23H25F2NO7S. The molecule has 1 heterocycles. The number of nitrogens with zero attached hydrogens (tertiary/aromatic N) is 1. The van der Waals surface area contributed by atoms with Gasteiger partial charge in [-0.1, -0.05) is 18.2 Å². The van der Waals surface area contributed by atoms with Gasteiger partial charge in [-0.2, -0.15) is 13.1 Å². The quantitative estimate of drug-likeness (QED) is 0.367. The van der Waals surface area contributed by atoms with E-state index in [-0.39, 0.29) is 42.7 Å². The lowest BCUT2D eigenvalue weighted by Gasteiger charge is -2.26. The van der Waals surface area contributed by atoms with Gasteiger partial charge in [0.15, 0.2) is 11.5 Å². The molecule has 11 heteroatoms. The van der Waals surface area contributed by atoms with E-state index in [2.05, 4.69) is 4.74 Å². The van der Waals surface area contributed by atoms with Crippen molar-refractivity contribution in [1.29, 1.82) is 0 Å². The van der Waals surface area contributed by atoms with Crippen LogP contribution in [0.5, 0.6) is 11.5 Å². The van der Waals surface area contributed by atoms with Crippen molar-refractivity contribution in [2.75, 3.05) is 32.9 Å². The van der Waals surface area contributed by atoms with Crippen molar-refractivity contribution in [3.8, 4) is 11.5 Å². The minimum Gasteiger partial charge on any atom is -0.490 e. The number of esters is 1. The number of benzene rings is 2. The van der Waals surface area contributed by atoms with E-state index in [1.807, 2.05) is 0 Å². The van der Waals surface area contributed by atoms with Gasteiger partial charge in [-0.3, -0.25) is 0 Å². The van der Waals surface area contributed by atoms with Crippen LogP contribution in [0.1, 0.15) is 18.1 Å². The third kappa shape index (κ3) is 6.99. The van der Waals surface area contributed by atoms with Crippen LogP contribution in [0.4, 0.5) is 8.78 Å². The van der Waals surface area contributed by atoms with Crippen LogP contribution in [-0.4, -0.2) is 58.2 Å². The molecule has 0 aromatic heterocycles. The molecule has 1 fully saturated rings. The summed E-state index contributed by atoms with van der Waals surface area (Å²) >= 11 is 0. The van der Waals surface area contributed by atoms with E-state index in [0.29, 0.717) is 24.3 Å². The number of morpholine rings is 1. The summed E-state index contributed by atoms with van der Waals surface area (Å²) in [6.07, 6.45) is 2.61. The summed E-state index contributed by atoms with van der Waals surface area (Å²) in [6, 6.07) is 10.5. The second-order valence-electron chi connectivity index (χ2n) is 7.12. The summed E-state index contributed by atoms with van der Waals surface area (Å²) in [4.78, 5) is 12.3. The van der Waals surface area contributed by atoms with Crippen LogP contribution < -0.4 is 9.47 Å². The topological polar surface area (TPSA) is 91.4 Å². The van der Waals surface area contributed by atoms with E-state index in [9.17, 15) is 22.0 Å². The van der Waals surface area contributed by atoms with E-state index in [4.69, 9.17) is 14.2 Å². The Balaban J connectivity index is 1.62. The molecule has 0 atom stereocenters. The van der Waals surface area contributed by atoms with Crippen molar-refractivity contribution in [3.63, 3.8) is 0 Å². The maximum Gasteiger partial charge on any atom is 0.387 e. The molecule has 3 rings (SSSR count). The number of hydrogen-bond acceptors (Lipinski definition) is 7. The largest absolute Gasteiger partial charge is 0.490 e. The standard InChI is InChI=1S/C23H25F2NO7S/c1-2-31-21-15-17(6-8-20(21)33-23(24)25)7-9-22(27)32-16-18-4-3-5-19(14-18)34(28,29)26-10-12-30-13-11-26/h3-9,14-15,23H,2,10-13,16H2,1H3/b9-7+. The Morgan fingerprint density at radius 2 is 1.91 bits per heavy atom. The van der Waals surface area contributed by atoms with Gasteiger partial charge in [-0.15, -0.1) is 0 Å². The Morgan fingerprint density at radius 3 is 2.62 bits per heavy atom. The lowest BCUT2D eigenvalue weighted by molar-refractivity contribution is -0.138. The predicted molar refractivity (Wildman–Crippen MR) is 119 cm³/mol. The fourth-order valence-corrected chi connectivity index (χ4v) is 4.67. The maximum atomic E-state index is 12.8. The van der Waals surface area contributed by atoms with Crippen LogP contribution in [0.25, 0.3) is 6.08 Å². The zero-order chi connectivity index (χ0) is 24.6. The molecule has 8 nitrogen and oxygen atoms in total. The average Bonchev–Trinajstić information content (AvgIpc) is 2.83. The third-order valence-electron chi connectivity index (χ3n) is 4.78. The Morgan fingerprint density at radius 1 is 1.15 bits per heavy atom. The summed E-state index contributed by atoms with van der Waals surface area (Å²) in [5, 5.41) is 0. The molecule has 34 heavy (non-hydrogen) atoms. The van der Waals surface area contributed by atoms with Gasteiger partial charge in [0.25, 0.3) is 0 Å². The van der Waals surface area contributed by atoms with Gasteiger partial charge in [0.05, 0.1) is 24.7 Å². The molecule has 0 aliphatic carbocycles. The number of carbonyl (C=O) groups excluding carboxylic acids is 1. The number of ether oxygens (including phenoxy) is 4. The monoisotopic (exact) mass is 497 g/mol. The van der Waals surface area contributed by atoms with Crippen LogP contribution in [0.3, 0.4) is 0 Å². The first-order valence-electron chi connectivity index (χ1n) is 10.5. The van der Waals surface area contributed by atoms with Crippen molar-refractivity contribution < 1.29 is 40.9 Å². The Hall–Kier alpha value is -3.02. The molecule has 2 aromatic rings. The Kier molecular flexibility index (Phi) is 8.97. The predicted octanol–water partition coefficient (Wildman–Crippen LogP) is 3.46. The fourth-order valence-electron chi connectivity index (χ4n) is 3.19. The van der Waals surface area contributed by atoms with E-state index < -0.39 is 22.6 Å². The van der Waals surface area contributed by atoms with Gasteiger partial charge in [-0.05, 0) is 48.4 Å². The van der Waals surface area contributed by atoms with Crippen LogP contribution >= 0.6 is 0 Å². The molecule has 0 radical (unpaired) electrons. The van der Waals surface area contributed by atoms with Crippen molar-refractivity contribution in [2.24, 2.45) is 0 Å². The summed E-state index contributed by atoms with van der Waals surface area (Å²) < 4.78 is 72.1. The molecule has 0 N–H and O–H groups in total. The number of alkyl halides is 2. The molecule has 0 unspecified atom stereocenters. The van der Waals surface area contributed by atoms with Crippen molar-refractivity contribution in [2.45, 2.75) is 25.0 Å². The molecule has 2 aromatic carbocycles. The minimum atomic E-state index is -3.66. The second kappa shape index (κ2) is 11.9. The minimum absolute atomic E-state index is 0.108. The fraction of sp³-hybridized carbons (Fsp3) is 0.348. The molecule has 0 spiro atoms. The van der Waals surface area contributed by atoms with Gasteiger partial charge in [-0.25, -0.2) is 13.2 Å². The van der Waals surface area contributed by atoms with E-state index in [1.165, 1.54) is 46.8 Å². The summed E-state index contributed by atoms with van der Waals surface area (Å²) in [5.74, 6) is -0.646. The van der Waals surface area contributed by atoms with E-state index >= 15 is 0 Å². The number of sulfonamides is 1. The van der Waals surface area contributed by atoms with Crippen molar-refractivity contribution in [3.05, 3.63) is 59.7 Å². The maximum absolute atomic E-state index is 12.8. The zero-order valence-corrected chi connectivity index (χ0v) is 19.3. The highest BCUT2D eigenvalue weighted by atomic mass is 32.2. The first kappa shape index (κ1) is 25.6. The summed E-state index contributed by atoms with van der Waals surface area (Å²) in [5.41, 5.74) is 1.03. The van der Waals surface area contributed by atoms with E-state index in [0.717, 1.165) is 0 Å². The normalized spacial score (nSPS) is 14.9. The SMILES string of the molecule is CCOc1cc(/C=C/C(=O)OCc2cccc(S(=O)(=O)N3CCOCC3)c2)ccc1OC(F)F. The molecule has 1 aliphatic rings. The van der Waals surface area contributed by atoms with Crippen LogP contribution in [0.2, 0.25) is 0 Å². The Labute approximate surface area is 196 Å². The van der Waals surface area contributed by atoms with Crippen molar-refractivity contribution >= 4 is 22.1 Å². The number of carbonyl (C=O) groups is 1. The summed E-state index contributed by atoms with van der Waals surface area (Å²) in [6.45, 7) is 0.0917. The van der Waals surface area contributed by atoms with E-state index in [1.54, 1.807) is 19.1 Å². The van der Waals surface area contributed by atoms with Gasteiger partial charge in [0, 0.05) is 19.2 Å². The first-order valence-corrected chi connectivity index (χ1v) is 12.0. The highest BCUT2D eigenvalue weighted by Crippen LogP contribution is 2.30.